The molecule has 0 aliphatic carbocycles. The molecule has 0 saturated heterocycles. The first kappa shape index (κ1) is 13.0. The number of hydrogen-bond donors (Lipinski definition) is 0. The summed E-state index contributed by atoms with van der Waals surface area (Å²) in [6, 6.07) is 8.80. The van der Waals surface area contributed by atoms with Crippen LogP contribution in [-0.4, -0.2) is 23.9 Å². The second-order valence-corrected chi connectivity index (χ2v) is 3.73. The van der Waals surface area contributed by atoms with Gasteiger partial charge in [0.1, 0.15) is 0 Å². The molecular weight excluding hydrogens is 212 g/mol. The van der Waals surface area contributed by atoms with E-state index in [1.807, 2.05) is 13.0 Å². The standard InChI is InChI=1S/C14H16N2O/c1-3-8-16(9-4-2)14(17)13-7-5-6-12(10-13)11-15/h3,5-7,10H,1,4,8-9H2,2H3. The maximum atomic E-state index is 12.2. The highest BCUT2D eigenvalue weighted by molar-refractivity contribution is 5.94. The van der Waals surface area contributed by atoms with Crippen LogP contribution in [0.3, 0.4) is 0 Å². The first-order valence-electron chi connectivity index (χ1n) is 5.63. The summed E-state index contributed by atoms with van der Waals surface area (Å²) in [5, 5.41) is 8.80. The zero-order valence-corrected chi connectivity index (χ0v) is 10.0. The Bertz CT molecular complexity index is 446. The molecule has 0 spiro atoms. The van der Waals surface area contributed by atoms with Crippen LogP contribution in [-0.2, 0) is 0 Å². The number of nitriles is 1. The van der Waals surface area contributed by atoms with Crippen molar-refractivity contribution in [2.45, 2.75) is 13.3 Å². The number of benzene rings is 1. The van der Waals surface area contributed by atoms with Crippen LogP contribution in [0.2, 0.25) is 0 Å². The summed E-state index contributed by atoms with van der Waals surface area (Å²) in [5.74, 6) is -0.0520. The summed E-state index contributed by atoms with van der Waals surface area (Å²) in [7, 11) is 0. The van der Waals surface area contributed by atoms with Gasteiger partial charge in [0.05, 0.1) is 11.6 Å². The molecule has 0 heterocycles. The van der Waals surface area contributed by atoms with Crippen molar-refractivity contribution in [1.82, 2.24) is 4.90 Å². The molecule has 0 radical (unpaired) electrons. The van der Waals surface area contributed by atoms with Crippen LogP contribution < -0.4 is 0 Å². The molecule has 1 amide bonds. The monoisotopic (exact) mass is 228 g/mol. The molecule has 1 aromatic carbocycles. The van der Waals surface area contributed by atoms with E-state index < -0.39 is 0 Å². The van der Waals surface area contributed by atoms with Crippen molar-refractivity contribution in [3.63, 3.8) is 0 Å². The van der Waals surface area contributed by atoms with E-state index in [0.717, 1.165) is 6.42 Å². The maximum Gasteiger partial charge on any atom is 0.254 e. The number of carbonyl (C=O) groups excluding carboxylic acids is 1. The molecular formula is C14H16N2O. The predicted octanol–water partition coefficient (Wildman–Crippen LogP) is 2.60. The van der Waals surface area contributed by atoms with Gasteiger partial charge in [-0.1, -0.05) is 19.1 Å². The smallest absolute Gasteiger partial charge is 0.254 e. The Balaban J connectivity index is 2.92. The van der Waals surface area contributed by atoms with Crippen molar-refractivity contribution in [2.24, 2.45) is 0 Å². The fourth-order valence-corrected chi connectivity index (χ4v) is 1.61. The van der Waals surface area contributed by atoms with Gasteiger partial charge in [-0.25, -0.2) is 0 Å². The summed E-state index contributed by atoms with van der Waals surface area (Å²) in [5.41, 5.74) is 1.06. The van der Waals surface area contributed by atoms with Crippen LogP contribution in [0.4, 0.5) is 0 Å². The van der Waals surface area contributed by atoms with Crippen molar-refractivity contribution in [1.29, 1.82) is 5.26 Å². The minimum Gasteiger partial charge on any atom is -0.335 e. The maximum absolute atomic E-state index is 12.2. The Morgan fingerprint density at radius 3 is 2.94 bits per heavy atom. The Morgan fingerprint density at radius 1 is 1.59 bits per heavy atom. The van der Waals surface area contributed by atoms with Gasteiger partial charge < -0.3 is 4.90 Å². The van der Waals surface area contributed by atoms with Crippen molar-refractivity contribution < 1.29 is 4.79 Å². The zero-order valence-electron chi connectivity index (χ0n) is 10.0. The molecule has 0 aliphatic heterocycles. The van der Waals surface area contributed by atoms with E-state index in [0.29, 0.717) is 24.2 Å². The van der Waals surface area contributed by atoms with E-state index in [2.05, 4.69) is 6.58 Å². The van der Waals surface area contributed by atoms with Crippen LogP contribution in [0, 0.1) is 11.3 Å². The minimum absolute atomic E-state index is 0.0520. The molecule has 0 aromatic heterocycles. The molecule has 0 aliphatic rings. The molecule has 0 N–H and O–H groups in total. The van der Waals surface area contributed by atoms with E-state index in [4.69, 9.17) is 5.26 Å². The number of amides is 1. The third-order valence-electron chi connectivity index (χ3n) is 2.37. The van der Waals surface area contributed by atoms with Gasteiger partial charge >= 0.3 is 0 Å². The molecule has 1 aromatic rings. The highest BCUT2D eigenvalue weighted by Gasteiger charge is 2.13. The van der Waals surface area contributed by atoms with Gasteiger partial charge in [0.2, 0.25) is 0 Å². The molecule has 3 nitrogen and oxygen atoms in total. The zero-order chi connectivity index (χ0) is 12.7. The summed E-state index contributed by atoms with van der Waals surface area (Å²) in [6.07, 6.45) is 2.61. The molecule has 0 bridgehead atoms. The number of carbonyl (C=O) groups is 1. The van der Waals surface area contributed by atoms with E-state index in [-0.39, 0.29) is 5.91 Å². The minimum atomic E-state index is -0.0520. The summed E-state index contributed by atoms with van der Waals surface area (Å²) >= 11 is 0. The third kappa shape index (κ3) is 3.46. The topological polar surface area (TPSA) is 44.1 Å². The first-order chi connectivity index (χ1) is 8.22. The lowest BCUT2D eigenvalue weighted by atomic mass is 10.1. The number of nitrogens with zero attached hydrogens (tertiary/aromatic N) is 2. The van der Waals surface area contributed by atoms with Gasteiger partial charge in [-0.05, 0) is 24.6 Å². The fourth-order valence-electron chi connectivity index (χ4n) is 1.61. The van der Waals surface area contributed by atoms with Gasteiger partial charge in [-0.2, -0.15) is 5.26 Å². The van der Waals surface area contributed by atoms with Crippen molar-refractivity contribution in [2.75, 3.05) is 13.1 Å². The second-order valence-electron chi connectivity index (χ2n) is 3.73. The Morgan fingerprint density at radius 2 is 2.35 bits per heavy atom. The second kappa shape index (κ2) is 6.49. The molecule has 0 atom stereocenters. The highest BCUT2D eigenvalue weighted by atomic mass is 16.2. The Hall–Kier alpha value is -2.08. The SMILES string of the molecule is C=CCN(CCC)C(=O)c1cccc(C#N)c1. The Kier molecular flexibility index (Phi) is 4.96. The molecule has 1 rings (SSSR count). The lowest BCUT2D eigenvalue weighted by molar-refractivity contribution is 0.0774. The normalized spacial score (nSPS) is 9.41. The van der Waals surface area contributed by atoms with Crippen LogP contribution in [0.5, 0.6) is 0 Å². The third-order valence-corrected chi connectivity index (χ3v) is 2.37. The summed E-state index contributed by atoms with van der Waals surface area (Å²) in [6.45, 7) is 6.90. The largest absolute Gasteiger partial charge is 0.335 e. The summed E-state index contributed by atoms with van der Waals surface area (Å²) in [4.78, 5) is 13.9. The van der Waals surface area contributed by atoms with Crippen LogP contribution in [0.15, 0.2) is 36.9 Å². The van der Waals surface area contributed by atoms with Crippen LogP contribution >= 0.6 is 0 Å². The number of rotatable bonds is 5. The lowest BCUT2D eigenvalue weighted by Crippen LogP contribution is -2.31. The molecule has 88 valence electrons. The molecule has 3 heteroatoms. The summed E-state index contributed by atoms with van der Waals surface area (Å²) < 4.78 is 0. The lowest BCUT2D eigenvalue weighted by Gasteiger charge is -2.20. The van der Waals surface area contributed by atoms with Crippen molar-refractivity contribution in [3.05, 3.63) is 48.0 Å². The average Bonchev–Trinajstić information content (AvgIpc) is 2.38. The molecule has 0 fully saturated rings. The van der Waals surface area contributed by atoms with Gasteiger partial charge in [0.15, 0.2) is 0 Å². The fraction of sp³-hybridized carbons (Fsp3) is 0.286. The van der Waals surface area contributed by atoms with Gasteiger partial charge in [0.25, 0.3) is 5.91 Å². The van der Waals surface area contributed by atoms with E-state index in [1.165, 1.54) is 0 Å². The highest BCUT2D eigenvalue weighted by Crippen LogP contribution is 2.08. The van der Waals surface area contributed by atoms with Crippen molar-refractivity contribution in [3.8, 4) is 6.07 Å². The molecule has 0 unspecified atom stereocenters. The molecule has 17 heavy (non-hydrogen) atoms. The molecule has 0 saturated carbocycles. The predicted molar refractivity (Wildman–Crippen MR) is 67.5 cm³/mol. The van der Waals surface area contributed by atoms with Crippen LogP contribution in [0.25, 0.3) is 0 Å². The van der Waals surface area contributed by atoms with E-state index in [9.17, 15) is 4.79 Å². The number of hydrogen-bond acceptors (Lipinski definition) is 2. The van der Waals surface area contributed by atoms with Crippen LogP contribution in [0.1, 0.15) is 29.3 Å². The van der Waals surface area contributed by atoms with E-state index in [1.54, 1.807) is 35.2 Å². The van der Waals surface area contributed by atoms with Gasteiger partial charge in [-0.15, -0.1) is 6.58 Å². The quantitative estimate of drug-likeness (QED) is 0.727. The Labute approximate surface area is 102 Å². The van der Waals surface area contributed by atoms with Gasteiger partial charge in [-0.3, -0.25) is 4.79 Å². The average molecular weight is 228 g/mol. The van der Waals surface area contributed by atoms with E-state index >= 15 is 0 Å². The van der Waals surface area contributed by atoms with Gasteiger partial charge in [0, 0.05) is 18.7 Å². The first-order valence-corrected chi connectivity index (χ1v) is 5.63. The van der Waals surface area contributed by atoms with Crippen molar-refractivity contribution >= 4 is 5.91 Å².